The highest BCUT2D eigenvalue weighted by atomic mass is 32.2. The lowest BCUT2D eigenvalue weighted by Gasteiger charge is -1.90. The maximum Gasteiger partial charge on any atom is 0.0128 e. The van der Waals surface area contributed by atoms with Gasteiger partial charge in [0.15, 0.2) is 0 Å². The van der Waals surface area contributed by atoms with Gasteiger partial charge >= 0.3 is 0 Å². The average Bonchev–Trinajstić information content (AvgIpc) is 1.69. The molecule has 0 saturated carbocycles. The third kappa shape index (κ3) is 6.70. The van der Waals surface area contributed by atoms with E-state index in [1.165, 1.54) is 0 Å². The zero-order valence-corrected chi connectivity index (χ0v) is 5.99. The minimum atomic E-state index is 0.880. The predicted molar refractivity (Wildman–Crippen MR) is 39.8 cm³/mol. The monoisotopic (exact) mass is 134 g/mol. The van der Waals surface area contributed by atoms with Crippen LogP contribution in [0.3, 0.4) is 0 Å². The maximum atomic E-state index is 4.72. The van der Waals surface area contributed by atoms with Crippen LogP contribution in [0.5, 0.6) is 0 Å². The van der Waals surface area contributed by atoms with Crippen molar-refractivity contribution in [1.82, 2.24) is 0 Å². The fourth-order valence-electron chi connectivity index (χ4n) is 0.263. The SMILES string of the molecule is [CH2]CCSCC[S]. The van der Waals surface area contributed by atoms with E-state index in [-0.39, 0.29) is 0 Å². The number of hydrogen-bond acceptors (Lipinski definition) is 1. The molecule has 0 heterocycles. The third-order valence-corrected chi connectivity index (χ3v) is 2.05. The molecule has 0 N–H and O–H groups in total. The van der Waals surface area contributed by atoms with Crippen LogP contribution in [0.4, 0.5) is 0 Å². The van der Waals surface area contributed by atoms with Gasteiger partial charge in [-0.1, -0.05) is 19.6 Å². The van der Waals surface area contributed by atoms with E-state index in [0.717, 1.165) is 23.7 Å². The lowest BCUT2D eigenvalue weighted by atomic mass is 10.6. The Morgan fingerprint density at radius 2 is 2.14 bits per heavy atom. The third-order valence-electron chi connectivity index (χ3n) is 0.516. The van der Waals surface area contributed by atoms with E-state index in [1.54, 1.807) is 0 Å². The minimum absolute atomic E-state index is 0.880. The molecule has 0 atom stereocenters. The molecule has 0 aromatic heterocycles. The van der Waals surface area contributed by atoms with Crippen LogP contribution in [0.25, 0.3) is 0 Å². The van der Waals surface area contributed by atoms with Gasteiger partial charge in [-0.15, -0.1) is 0 Å². The molecular formula is C5H10S2. The Morgan fingerprint density at radius 1 is 1.43 bits per heavy atom. The molecular weight excluding hydrogens is 124 g/mol. The van der Waals surface area contributed by atoms with Crippen molar-refractivity contribution in [3.63, 3.8) is 0 Å². The first-order chi connectivity index (χ1) is 3.41. The van der Waals surface area contributed by atoms with Crippen LogP contribution in [0, 0.1) is 6.92 Å². The summed E-state index contributed by atoms with van der Waals surface area (Å²) < 4.78 is 0. The van der Waals surface area contributed by atoms with Gasteiger partial charge in [-0.05, 0) is 12.2 Å². The number of thioether (sulfide) groups is 1. The summed E-state index contributed by atoms with van der Waals surface area (Å²) >= 11 is 6.61. The van der Waals surface area contributed by atoms with Crippen LogP contribution < -0.4 is 0 Å². The van der Waals surface area contributed by atoms with Crippen molar-refractivity contribution in [3.8, 4) is 0 Å². The summed E-state index contributed by atoms with van der Waals surface area (Å²) in [6.07, 6.45) is 1.03. The molecule has 0 bridgehead atoms. The van der Waals surface area contributed by atoms with Crippen molar-refractivity contribution >= 4 is 24.4 Å². The Labute approximate surface area is 55.5 Å². The summed E-state index contributed by atoms with van der Waals surface area (Å²) in [5, 5.41) is 0. The number of hydrogen-bond donors (Lipinski definition) is 0. The van der Waals surface area contributed by atoms with Crippen molar-refractivity contribution in [3.05, 3.63) is 6.92 Å². The summed E-state index contributed by atoms with van der Waals surface area (Å²) in [6, 6.07) is 0. The average molecular weight is 134 g/mol. The van der Waals surface area contributed by atoms with Gasteiger partial charge in [-0.2, -0.15) is 11.8 Å². The van der Waals surface area contributed by atoms with E-state index in [4.69, 9.17) is 12.6 Å². The normalized spacial score (nSPS) is 9.43. The summed E-state index contributed by atoms with van der Waals surface area (Å²) in [6.45, 7) is 3.70. The van der Waals surface area contributed by atoms with Gasteiger partial charge in [0.2, 0.25) is 0 Å². The lowest BCUT2D eigenvalue weighted by molar-refractivity contribution is 1.24. The van der Waals surface area contributed by atoms with E-state index in [9.17, 15) is 0 Å². The van der Waals surface area contributed by atoms with E-state index in [1.807, 2.05) is 11.8 Å². The zero-order valence-electron chi connectivity index (χ0n) is 4.35. The summed E-state index contributed by atoms with van der Waals surface area (Å²) in [5.41, 5.74) is 0. The van der Waals surface area contributed by atoms with Crippen LogP contribution in [0.1, 0.15) is 6.42 Å². The molecule has 0 aliphatic heterocycles. The largest absolute Gasteiger partial charge is 0.161 e. The second kappa shape index (κ2) is 6.70. The molecule has 0 spiro atoms. The summed E-state index contributed by atoms with van der Waals surface area (Å²) in [5.74, 6) is 3.16. The quantitative estimate of drug-likeness (QED) is 0.531. The minimum Gasteiger partial charge on any atom is -0.161 e. The van der Waals surface area contributed by atoms with Gasteiger partial charge in [-0.25, -0.2) is 0 Å². The lowest BCUT2D eigenvalue weighted by Crippen LogP contribution is -1.80. The van der Waals surface area contributed by atoms with Crippen molar-refractivity contribution < 1.29 is 0 Å². The molecule has 0 saturated heterocycles. The fourth-order valence-corrected chi connectivity index (χ4v) is 1.14. The molecule has 0 aliphatic rings. The smallest absolute Gasteiger partial charge is 0.0128 e. The maximum absolute atomic E-state index is 4.72. The molecule has 42 valence electrons. The van der Waals surface area contributed by atoms with Crippen LogP contribution in [0.15, 0.2) is 0 Å². The van der Waals surface area contributed by atoms with Crippen LogP contribution >= 0.6 is 24.4 Å². The zero-order chi connectivity index (χ0) is 5.54. The van der Waals surface area contributed by atoms with Gasteiger partial charge in [0.05, 0.1) is 0 Å². The van der Waals surface area contributed by atoms with Crippen LogP contribution in [-0.4, -0.2) is 17.3 Å². The van der Waals surface area contributed by atoms with Gasteiger partial charge in [-0.3, -0.25) is 0 Å². The highest BCUT2D eigenvalue weighted by Crippen LogP contribution is 2.00. The van der Waals surface area contributed by atoms with Crippen molar-refractivity contribution in [2.24, 2.45) is 0 Å². The van der Waals surface area contributed by atoms with Crippen molar-refractivity contribution in [1.29, 1.82) is 0 Å². The van der Waals surface area contributed by atoms with E-state index >= 15 is 0 Å². The first kappa shape index (κ1) is 7.70. The molecule has 7 heavy (non-hydrogen) atoms. The van der Waals surface area contributed by atoms with E-state index < -0.39 is 0 Å². The standard InChI is InChI=1S/C5H10S2/c1-2-4-7-5-3-6/h1-5H2. The molecule has 0 unspecified atom stereocenters. The Bertz CT molecular complexity index is 25.3. The van der Waals surface area contributed by atoms with Gasteiger partial charge < -0.3 is 0 Å². The Hall–Kier alpha value is 0.700. The Kier molecular flexibility index (Phi) is 7.37. The molecule has 0 aromatic rings. The van der Waals surface area contributed by atoms with E-state index in [2.05, 4.69) is 6.92 Å². The van der Waals surface area contributed by atoms with Crippen LogP contribution in [0.2, 0.25) is 0 Å². The van der Waals surface area contributed by atoms with Crippen LogP contribution in [-0.2, 0) is 0 Å². The molecule has 0 aromatic carbocycles. The second-order valence-corrected chi connectivity index (χ2v) is 2.80. The predicted octanol–water partition coefficient (Wildman–Crippen LogP) is 2.14. The molecule has 0 fully saturated rings. The molecule has 0 aliphatic carbocycles. The topological polar surface area (TPSA) is 0 Å². The van der Waals surface area contributed by atoms with Gasteiger partial charge in [0.25, 0.3) is 0 Å². The Morgan fingerprint density at radius 3 is 2.57 bits per heavy atom. The second-order valence-electron chi connectivity index (χ2n) is 1.17. The Balaban J connectivity index is 2.45. The first-order valence-corrected chi connectivity index (χ1v) is 4.10. The number of rotatable bonds is 4. The summed E-state index contributed by atoms with van der Waals surface area (Å²) in [4.78, 5) is 0. The van der Waals surface area contributed by atoms with Crippen molar-refractivity contribution in [2.75, 3.05) is 17.3 Å². The van der Waals surface area contributed by atoms with Gasteiger partial charge in [0, 0.05) is 11.5 Å². The highest BCUT2D eigenvalue weighted by molar-refractivity contribution is 7.99. The molecule has 0 nitrogen and oxygen atoms in total. The van der Waals surface area contributed by atoms with Crippen molar-refractivity contribution in [2.45, 2.75) is 6.42 Å². The van der Waals surface area contributed by atoms with Gasteiger partial charge in [0.1, 0.15) is 0 Å². The molecule has 2 radical (unpaired) electrons. The van der Waals surface area contributed by atoms with E-state index in [0.29, 0.717) is 0 Å². The first-order valence-electron chi connectivity index (χ1n) is 2.37. The molecule has 0 rings (SSSR count). The highest BCUT2D eigenvalue weighted by Gasteiger charge is 1.80. The fraction of sp³-hybridized carbons (Fsp3) is 0.800. The molecule has 0 amide bonds. The summed E-state index contributed by atoms with van der Waals surface area (Å²) in [7, 11) is 0. The molecule has 2 heteroatoms.